The SMILES string of the molecule is O=C(NC1(C(=O)O)CC1)c1c(O)c2ccccc2n(OCc2ccccc2)c1=O. The molecule has 0 radical (unpaired) electrons. The maximum Gasteiger partial charge on any atom is 0.329 e. The van der Waals surface area contributed by atoms with E-state index in [0.717, 1.165) is 10.3 Å². The molecule has 1 aliphatic carbocycles. The molecule has 0 aliphatic heterocycles. The lowest BCUT2D eigenvalue weighted by atomic mass is 10.1. The first-order valence-electron chi connectivity index (χ1n) is 9.03. The molecule has 0 saturated heterocycles. The number of nitrogens with one attached hydrogen (secondary N) is 1. The fourth-order valence-electron chi connectivity index (χ4n) is 3.14. The first kappa shape index (κ1) is 18.5. The molecule has 1 amide bonds. The van der Waals surface area contributed by atoms with Crippen LogP contribution in [0.4, 0.5) is 0 Å². The van der Waals surface area contributed by atoms with E-state index in [1.807, 2.05) is 30.3 Å². The summed E-state index contributed by atoms with van der Waals surface area (Å²) in [7, 11) is 0. The Kier molecular flexibility index (Phi) is 4.46. The third-order valence-corrected chi connectivity index (χ3v) is 4.96. The fraction of sp³-hybridized carbons (Fsp3) is 0.190. The van der Waals surface area contributed by atoms with Crippen molar-refractivity contribution in [1.82, 2.24) is 10.0 Å². The molecule has 1 aliphatic rings. The number of aromatic nitrogens is 1. The lowest BCUT2D eigenvalue weighted by Gasteiger charge is -2.17. The second-order valence-electron chi connectivity index (χ2n) is 6.94. The lowest BCUT2D eigenvalue weighted by molar-refractivity contribution is -0.140. The molecule has 1 saturated carbocycles. The van der Waals surface area contributed by atoms with Crippen molar-refractivity contribution in [2.45, 2.75) is 25.0 Å². The van der Waals surface area contributed by atoms with Crippen LogP contribution in [0.2, 0.25) is 0 Å². The molecule has 1 aromatic heterocycles. The molecular weight excluding hydrogens is 376 g/mol. The van der Waals surface area contributed by atoms with Crippen LogP contribution in [-0.4, -0.2) is 32.4 Å². The predicted octanol–water partition coefficient (Wildman–Crippen LogP) is 1.68. The van der Waals surface area contributed by atoms with E-state index in [2.05, 4.69) is 5.32 Å². The highest BCUT2D eigenvalue weighted by Gasteiger charge is 2.52. The average molecular weight is 394 g/mol. The average Bonchev–Trinajstić information content (AvgIpc) is 3.49. The van der Waals surface area contributed by atoms with Crippen molar-refractivity contribution in [3.05, 3.63) is 76.1 Å². The summed E-state index contributed by atoms with van der Waals surface area (Å²) in [5.41, 5.74) is -1.70. The molecule has 8 nitrogen and oxygen atoms in total. The van der Waals surface area contributed by atoms with E-state index in [9.17, 15) is 24.6 Å². The number of carboxylic acids is 1. The molecule has 3 aromatic rings. The summed E-state index contributed by atoms with van der Waals surface area (Å²) < 4.78 is 0.956. The van der Waals surface area contributed by atoms with E-state index in [4.69, 9.17) is 4.84 Å². The zero-order chi connectivity index (χ0) is 20.6. The molecule has 4 rings (SSSR count). The molecule has 29 heavy (non-hydrogen) atoms. The van der Waals surface area contributed by atoms with Gasteiger partial charge in [-0.2, -0.15) is 0 Å². The molecule has 2 aromatic carbocycles. The molecule has 0 bridgehead atoms. The van der Waals surface area contributed by atoms with Gasteiger partial charge in [-0.3, -0.25) is 9.59 Å². The topological polar surface area (TPSA) is 118 Å². The van der Waals surface area contributed by atoms with Crippen molar-refractivity contribution < 1.29 is 24.6 Å². The molecule has 8 heteroatoms. The van der Waals surface area contributed by atoms with Gasteiger partial charge in [0.25, 0.3) is 11.5 Å². The predicted molar refractivity (Wildman–Crippen MR) is 104 cm³/mol. The van der Waals surface area contributed by atoms with Crippen molar-refractivity contribution in [3.63, 3.8) is 0 Å². The number of nitrogens with zero attached hydrogens (tertiary/aromatic N) is 1. The van der Waals surface area contributed by atoms with Crippen molar-refractivity contribution in [1.29, 1.82) is 0 Å². The maximum atomic E-state index is 13.0. The van der Waals surface area contributed by atoms with Crippen LogP contribution in [0.5, 0.6) is 5.75 Å². The van der Waals surface area contributed by atoms with Gasteiger partial charge in [-0.15, -0.1) is 4.73 Å². The quantitative estimate of drug-likeness (QED) is 0.586. The van der Waals surface area contributed by atoms with Gasteiger partial charge in [0.15, 0.2) is 5.56 Å². The zero-order valence-corrected chi connectivity index (χ0v) is 15.3. The third kappa shape index (κ3) is 3.29. The highest BCUT2D eigenvalue weighted by atomic mass is 16.7. The van der Waals surface area contributed by atoms with E-state index in [1.165, 1.54) is 0 Å². The smallest absolute Gasteiger partial charge is 0.329 e. The highest BCUT2D eigenvalue weighted by molar-refractivity contribution is 6.04. The van der Waals surface area contributed by atoms with Crippen LogP contribution in [0, 0.1) is 0 Å². The number of aromatic hydroxyl groups is 1. The number of rotatable bonds is 6. The Labute approximate surface area is 164 Å². The normalized spacial score (nSPS) is 14.3. The van der Waals surface area contributed by atoms with Gasteiger partial charge >= 0.3 is 5.97 Å². The number of fused-ring (bicyclic) bond motifs is 1. The molecule has 1 heterocycles. The van der Waals surface area contributed by atoms with Gasteiger partial charge in [0.2, 0.25) is 0 Å². The van der Waals surface area contributed by atoms with Gasteiger partial charge in [0.05, 0.1) is 5.52 Å². The van der Waals surface area contributed by atoms with Crippen LogP contribution in [-0.2, 0) is 11.4 Å². The summed E-state index contributed by atoms with van der Waals surface area (Å²) in [5, 5.41) is 22.5. The monoisotopic (exact) mass is 394 g/mol. The number of hydrogen-bond donors (Lipinski definition) is 3. The minimum absolute atomic E-state index is 0.0651. The Morgan fingerprint density at radius 3 is 2.38 bits per heavy atom. The first-order chi connectivity index (χ1) is 13.9. The number of hydrogen-bond acceptors (Lipinski definition) is 5. The van der Waals surface area contributed by atoms with E-state index in [0.29, 0.717) is 5.52 Å². The van der Waals surface area contributed by atoms with Crippen molar-refractivity contribution in [3.8, 4) is 5.75 Å². The van der Waals surface area contributed by atoms with Crippen molar-refractivity contribution in [2.75, 3.05) is 0 Å². The van der Waals surface area contributed by atoms with Crippen LogP contribution in [0.3, 0.4) is 0 Å². The van der Waals surface area contributed by atoms with Gasteiger partial charge in [0.1, 0.15) is 17.9 Å². The summed E-state index contributed by atoms with van der Waals surface area (Å²) in [6.07, 6.45) is 0.530. The molecule has 0 unspecified atom stereocenters. The Morgan fingerprint density at radius 1 is 1.07 bits per heavy atom. The van der Waals surface area contributed by atoms with Crippen LogP contribution in [0.25, 0.3) is 10.9 Å². The van der Waals surface area contributed by atoms with E-state index in [1.54, 1.807) is 24.3 Å². The van der Waals surface area contributed by atoms with Crippen LogP contribution >= 0.6 is 0 Å². The van der Waals surface area contributed by atoms with Gasteiger partial charge in [0, 0.05) is 5.39 Å². The summed E-state index contributed by atoms with van der Waals surface area (Å²) in [5.74, 6) is -2.63. The summed E-state index contributed by atoms with van der Waals surface area (Å²) >= 11 is 0. The van der Waals surface area contributed by atoms with Crippen molar-refractivity contribution >= 4 is 22.8 Å². The minimum Gasteiger partial charge on any atom is -0.506 e. The summed E-state index contributed by atoms with van der Waals surface area (Å²) in [4.78, 5) is 42.8. The third-order valence-electron chi connectivity index (χ3n) is 4.96. The maximum absolute atomic E-state index is 13.0. The van der Waals surface area contributed by atoms with E-state index >= 15 is 0 Å². The highest BCUT2D eigenvalue weighted by Crippen LogP contribution is 2.36. The van der Waals surface area contributed by atoms with E-state index in [-0.39, 0.29) is 24.8 Å². The Morgan fingerprint density at radius 2 is 1.72 bits per heavy atom. The zero-order valence-electron chi connectivity index (χ0n) is 15.3. The second-order valence-corrected chi connectivity index (χ2v) is 6.94. The van der Waals surface area contributed by atoms with Gasteiger partial charge in [-0.05, 0) is 30.5 Å². The second kappa shape index (κ2) is 6.97. The summed E-state index contributed by atoms with van der Waals surface area (Å²) in [6, 6.07) is 15.6. The molecular formula is C21H18N2O6. The Hall–Kier alpha value is -3.81. The number of carbonyl (C=O) groups excluding carboxylic acids is 1. The fourth-order valence-corrected chi connectivity index (χ4v) is 3.14. The first-order valence-corrected chi connectivity index (χ1v) is 9.03. The van der Waals surface area contributed by atoms with Crippen LogP contribution in [0.15, 0.2) is 59.4 Å². The van der Waals surface area contributed by atoms with E-state index < -0.39 is 34.3 Å². The number of amides is 1. The van der Waals surface area contributed by atoms with Crippen LogP contribution < -0.4 is 15.7 Å². The Bertz CT molecular complexity index is 1170. The van der Waals surface area contributed by atoms with Gasteiger partial charge < -0.3 is 20.4 Å². The number of carboxylic acid groups (broad SMARTS) is 1. The molecule has 3 N–H and O–H groups in total. The number of carbonyl (C=O) groups is 2. The lowest BCUT2D eigenvalue weighted by Crippen LogP contribution is -2.45. The number of aliphatic carboxylic acids is 1. The molecule has 1 fully saturated rings. The standard InChI is InChI=1S/C21H18N2O6/c24-17-14-8-4-5-9-15(14)23(29-12-13-6-2-1-3-7-13)19(26)16(17)18(25)22-21(10-11-21)20(27)28/h1-9,24H,10-12H2,(H,22,25)(H,27,28). The largest absolute Gasteiger partial charge is 0.506 e. The van der Waals surface area contributed by atoms with Crippen molar-refractivity contribution in [2.24, 2.45) is 0 Å². The molecule has 0 atom stereocenters. The number of benzene rings is 2. The van der Waals surface area contributed by atoms with Gasteiger partial charge in [-0.25, -0.2) is 4.79 Å². The van der Waals surface area contributed by atoms with Crippen LogP contribution in [0.1, 0.15) is 28.8 Å². The molecule has 148 valence electrons. The minimum atomic E-state index is -1.39. The number of pyridine rings is 1. The summed E-state index contributed by atoms with van der Waals surface area (Å²) in [6.45, 7) is 0.0651. The molecule has 0 spiro atoms. The number of para-hydroxylation sites is 1. The van der Waals surface area contributed by atoms with Gasteiger partial charge in [-0.1, -0.05) is 42.5 Å². The Balaban J connectivity index is 1.77.